The van der Waals surface area contributed by atoms with E-state index in [1.807, 2.05) is 0 Å². The lowest BCUT2D eigenvalue weighted by molar-refractivity contribution is 0.654. The number of hydrogen-bond donors (Lipinski definition) is 0. The molecule has 1 aromatic heterocycles. The van der Waals surface area contributed by atoms with Gasteiger partial charge < -0.3 is 0 Å². The largest absolute Gasteiger partial charge is 0.195 e. The third kappa shape index (κ3) is 1.86. The highest BCUT2D eigenvalue weighted by atomic mass is 32.1. The van der Waals surface area contributed by atoms with Crippen LogP contribution in [0.25, 0.3) is 0 Å². The van der Waals surface area contributed by atoms with Crippen LogP contribution in [0.4, 0.5) is 4.39 Å². The van der Waals surface area contributed by atoms with Gasteiger partial charge in [-0.15, -0.1) is 11.3 Å². The van der Waals surface area contributed by atoms with Crippen molar-refractivity contribution in [3.8, 4) is 0 Å². The normalized spacial score (nSPS) is 11.6. The van der Waals surface area contributed by atoms with Crippen LogP contribution in [0.1, 0.15) is 50.0 Å². The number of thiophene rings is 1. The molecule has 0 N–H and O–H groups in total. The average Bonchev–Trinajstić information content (AvgIpc) is 2.31. The fourth-order valence-corrected chi connectivity index (χ4v) is 2.33. The van der Waals surface area contributed by atoms with Crippen molar-refractivity contribution in [1.29, 1.82) is 0 Å². The molecule has 0 aromatic carbocycles. The summed E-state index contributed by atoms with van der Waals surface area (Å²) in [4.78, 5) is 1.20. The zero-order chi connectivity index (χ0) is 9.30. The molecule has 0 aliphatic rings. The molecule has 0 atom stereocenters. The number of rotatable bonds is 2. The number of hydrogen-bond acceptors (Lipinski definition) is 1. The summed E-state index contributed by atoms with van der Waals surface area (Å²) in [5.41, 5.74) is 1.17. The minimum Gasteiger partial charge on any atom is -0.195 e. The summed E-state index contributed by atoms with van der Waals surface area (Å²) in [7, 11) is 0. The van der Waals surface area contributed by atoms with E-state index in [-0.39, 0.29) is 5.13 Å². The highest BCUT2D eigenvalue weighted by molar-refractivity contribution is 7.10. The molecule has 0 saturated carbocycles. The third-order valence-corrected chi connectivity index (χ3v) is 3.15. The predicted octanol–water partition coefficient (Wildman–Crippen LogP) is 4.13. The van der Waals surface area contributed by atoms with Gasteiger partial charge in [-0.25, -0.2) is 0 Å². The van der Waals surface area contributed by atoms with Crippen molar-refractivity contribution in [1.82, 2.24) is 0 Å². The van der Waals surface area contributed by atoms with Crippen molar-refractivity contribution in [2.45, 2.75) is 39.5 Å². The molecular formula is C10H15FS. The first-order valence-electron chi connectivity index (χ1n) is 4.31. The van der Waals surface area contributed by atoms with Gasteiger partial charge in [0, 0.05) is 4.88 Å². The van der Waals surface area contributed by atoms with Gasteiger partial charge in [0.15, 0.2) is 5.13 Å². The van der Waals surface area contributed by atoms with Crippen molar-refractivity contribution >= 4 is 11.3 Å². The Morgan fingerprint density at radius 3 is 2.08 bits per heavy atom. The average molecular weight is 186 g/mol. The van der Waals surface area contributed by atoms with Gasteiger partial charge in [0.1, 0.15) is 0 Å². The Hall–Kier alpha value is -0.370. The lowest BCUT2D eigenvalue weighted by Crippen LogP contribution is -1.91. The van der Waals surface area contributed by atoms with E-state index < -0.39 is 0 Å². The predicted molar refractivity (Wildman–Crippen MR) is 52.5 cm³/mol. The first kappa shape index (κ1) is 9.72. The zero-order valence-corrected chi connectivity index (χ0v) is 8.83. The molecule has 0 nitrogen and oxygen atoms in total. The summed E-state index contributed by atoms with van der Waals surface area (Å²) in [5.74, 6) is 0.875. The number of halogens is 1. The highest BCUT2D eigenvalue weighted by Gasteiger charge is 2.14. The van der Waals surface area contributed by atoms with Crippen LogP contribution in [0.5, 0.6) is 0 Å². The first-order chi connectivity index (χ1) is 5.52. The van der Waals surface area contributed by atoms with Crippen LogP contribution in [-0.4, -0.2) is 0 Å². The van der Waals surface area contributed by atoms with Crippen LogP contribution in [0.2, 0.25) is 0 Å². The molecule has 0 unspecified atom stereocenters. The summed E-state index contributed by atoms with van der Waals surface area (Å²) in [6.45, 7) is 8.43. The van der Waals surface area contributed by atoms with E-state index in [4.69, 9.17) is 0 Å². The van der Waals surface area contributed by atoms with Gasteiger partial charge >= 0.3 is 0 Å². The summed E-state index contributed by atoms with van der Waals surface area (Å²) >= 11 is 1.28. The van der Waals surface area contributed by atoms with Gasteiger partial charge in [0.05, 0.1) is 0 Å². The van der Waals surface area contributed by atoms with Crippen LogP contribution in [0.3, 0.4) is 0 Å². The van der Waals surface area contributed by atoms with Gasteiger partial charge in [0.2, 0.25) is 0 Å². The Bertz CT molecular complexity index is 235. The van der Waals surface area contributed by atoms with E-state index in [9.17, 15) is 4.39 Å². The molecule has 0 amide bonds. The smallest absolute Gasteiger partial charge is 0.176 e. The second-order valence-corrected chi connectivity index (χ2v) is 4.71. The zero-order valence-electron chi connectivity index (χ0n) is 8.02. The van der Waals surface area contributed by atoms with E-state index in [1.54, 1.807) is 6.07 Å². The Kier molecular flexibility index (Phi) is 2.89. The van der Waals surface area contributed by atoms with Gasteiger partial charge in [-0.05, 0) is 23.5 Å². The summed E-state index contributed by atoms with van der Waals surface area (Å²) in [6.07, 6.45) is 0. The maximum Gasteiger partial charge on any atom is 0.176 e. The van der Waals surface area contributed by atoms with Crippen molar-refractivity contribution in [3.63, 3.8) is 0 Å². The Labute approximate surface area is 77.4 Å². The molecule has 1 aromatic rings. The van der Waals surface area contributed by atoms with E-state index in [1.165, 1.54) is 21.8 Å². The van der Waals surface area contributed by atoms with E-state index >= 15 is 0 Å². The molecule has 1 heterocycles. The lowest BCUT2D eigenvalue weighted by Gasteiger charge is -2.08. The molecule has 2 heteroatoms. The molecule has 12 heavy (non-hydrogen) atoms. The van der Waals surface area contributed by atoms with E-state index in [0.717, 1.165) is 0 Å². The van der Waals surface area contributed by atoms with Gasteiger partial charge in [0.25, 0.3) is 0 Å². The minimum absolute atomic E-state index is 0.0533. The molecule has 0 saturated heterocycles. The summed E-state index contributed by atoms with van der Waals surface area (Å²) < 4.78 is 12.9. The topological polar surface area (TPSA) is 0 Å². The SMILES string of the molecule is CC(C)c1cc(F)sc1C(C)C. The second-order valence-electron chi connectivity index (χ2n) is 3.68. The monoisotopic (exact) mass is 186 g/mol. The van der Waals surface area contributed by atoms with Gasteiger partial charge in [-0.3, -0.25) is 0 Å². The summed E-state index contributed by atoms with van der Waals surface area (Å²) in [6, 6.07) is 1.67. The molecule has 0 spiro atoms. The first-order valence-corrected chi connectivity index (χ1v) is 5.13. The Morgan fingerprint density at radius 2 is 1.75 bits per heavy atom. The lowest BCUT2D eigenvalue weighted by atomic mass is 9.99. The molecule has 0 bridgehead atoms. The summed E-state index contributed by atoms with van der Waals surface area (Å²) in [5, 5.41) is -0.0533. The van der Waals surface area contributed by atoms with Crippen molar-refractivity contribution in [2.24, 2.45) is 0 Å². The highest BCUT2D eigenvalue weighted by Crippen LogP contribution is 2.32. The maximum absolute atomic E-state index is 12.9. The van der Waals surface area contributed by atoms with Crippen LogP contribution in [0, 0.1) is 5.13 Å². The van der Waals surface area contributed by atoms with Crippen molar-refractivity contribution in [2.75, 3.05) is 0 Å². The molecule has 1 rings (SSSR count). The maximum atomic E-state index is 12.9. The van der Waals surface area contributed by atoms with Crippen molar-refractivity contribution < 1.29 is 4.39 Å². The molecule has 0 aliphatic carbocycles. The van der Waals surface area contributed by atoms with Crippen LogP contribution in [0.15, 0.2) is 6.07 Å². The standard InChI is InChI=1S/C10H15FS/c1-6(2)8-5-9(11)12-10(8)7(3)4/h5-7H,1-4H3. The second kappa shape index (κ2) is 3.56. The van der Waals surface area contributed by atoms with Crippen LogP contribution in [-0.2, 0) is 0 Å². The van der Waals surface area contributed by atoms with Crippen LogP contribution < -0.4 is 0 Å². The van der Waals surface area contributed by atoms with Crippen molar-refractivity contribution in [3.05, 3.63) is 21.6 Å². The molecule has 0 radical (unpaired) electrons. The molecular weight excluding hydrogens is 171 g/mol. The quantitative estimate of drug-likeness (QED) is 0.651. The minimum atomic E-state index is -0.0533. The van der Waals surface area contributed by atoms with E-state index in [2.05, 4.69) is 27.7 Å². The molecule has 0 aliphatic heterocycles. The van der Waals surface area contributed by atoms with E-state index in [0.29, 0.717) is 11.8 Å². The van der Waals surface area contributed by atoms with Gasteiger partial charge in [-0.1, -0.05) is 27.7 Å². The van der Waals surface area contributed by atoms with Gasteiger partial charge in [-0.2, -0.15) is 4.39 Å². The Balaban J connectivity index is 3.08. The Morgan fingerprint density at radius 1 is 1.17 bits per heavy atom. The fourth-order valence-electron chi connectivity index (χ4n) is 1.29. The third-order valence-electron chi connectivity index (χ3n) is 1.91. The van der Waals surface area contributed by atoms with Crippen LogP contribution >= 0.6 is 11.3 Å². The fraction of sp³-hybridized carbons (Fsp3) is 0.600. The molecule has 0 fully saturated rings. The molecule has 68 valence electrons.